The molecule has 3 rings (SSSR count). The van der Waals surface area contributed by atoms with Crippen LogP contribution < -0.4 is 10.5 Å². The van der Waals surface area contributed by atoms with Crippen molar-refractivity contribution >= 4 is 0 Å². The minimum Gasteiger partial charge on any atom is -0.490 e. The van der Waals surface area contributed by atoms with Crippen LogP contribution in [0.25, 0.3) is 0 Å². The van der Waals surface area contributed by atoms with Crippen LogP contribution in [-0.4, -0.2) is 19.3 Å². The highest BCUT2D eigenvalue weighted by Gasteiger charge is 2.24. The Kier molecular flexibility index (Phi) is 3.52. The average molecular weight is 247 g/mol. The van der Waals surface area contributed by atoms with Gasteiger partial charge < -0.3 is 15.2 Å². The third-order valence-corrected chi connectivity index (χ3v) is 3.80. The van der Waals surface area contributed by atoms with Crippen LogP contribution in [0.1, 0.15) is 37.3 Å². The molecule has 1 heterocycles. The molecule has 1 aromatic carbocycles. The Labute approximate surface area is 108 Å². The van der Waals surface area contributed by atoms with E-state index < -0.39 is 0 Å². The van der Waals surface area contributed by atoms with Crippen LogP contribution in [-0.2, 0) is 4.74 Å². The van der Waals surface area contributed by atoms with Gasteiger partial charge in [-0.05, 0) is 43.4 Å². The zero-order valence-corrected chi connectivity index (χ0v) is 10.7. The monoisotopic (exact) mass is 247 g/mol. The van der Waals surface area contributed by atoms with E-state index in [0.717, 1.165) is 25.4 Å². The van der Waals surface area contributed by atoms with E-state index in [1.54, 1.807) is 0 Å². The molecule has 0 aromatic heterocycles. The Bertz CT molecular complexity index is 380. The summed E-state index contributed by atoms with van der Waals surface area (Å²) in [6, 6.07) is 8.35. The number of hydrogen-bond donors (Lipinski definition) is 1. The van der Waals surface area contributed by atoms with Crippen molar-refractivity contribution in [2.45, 2.75) is 37.8 Å². The molecule has 3 heteroatoms. The second kappa shape index (κ2) is 5.29. The summed E-state index contributed by atoms with van der Waals surface area (Å²) in [4.78, 5) is 0. The van der Waals surface area contributed by atoms with Crippen molar-refractivity contribution in [3.8, 4) is 5.75 Å². The number of ether oxygens (including phenoxy) is 2. The maximum atomic E-state index is 6.31. The van der Waals surface area contributed by atoms with Crippen LogP contribution in [0.5, 0.6) is 5.75 Å². The van der Waals surface area contributed by atoms with Crippen molar-refractivity contribution in [3.63, 3.8) is 0 Å². The first-order valence-electron chi connectivity index (χ1n) is 6.93. The highest BCUT2D eigenvalue weighted by atomic mass is 16.5. The molecule has 2 atom stereocenters. The number of hydrogen-bond acceptors (Lipinski definition) is 3. The molecule has 1 aliphatic carbocycles. The third-order valence-electron chi connectivity index (χ3n) is 3.80. The molecule has 18 heavy (non-hydrogen) atoms. The number of rotatable bonds is 4. The van der Waals surface area contributed by atoms with E-state index in [2.05, 4.69) is 12.1 Å². The predicted molar refractivity (Wildman–Crippen MR) is 70.6 cm³/mol. The van der Waals surface area contributed by atoms with Crippen molar-refractivity contribution < 1.29 is 9.47 Å². The molecular weight excluding hydrogens is 226 g/mol. The molecule has 1 saturated heterocycles. The van der Waals surface area contributed by atoms with Crippen LogP contribution in [0.4, 0.5) is 0 Å². The molecule has 2 aliphatic rings. The summed E-state index contributed by atoms with van der Waals surface area (Å²) < 4.78 is 11.2. The van der Waals surface area contributed by atoms with Crippen molar-refractivity contribution in [2.75, 3.05) is 13.2 Å². The van der Waals surface area contributed by atoms with Crippen molar-refractivity contribution in [1.29, 1.82) is 0 Å². The Hall–Kier alpha value is -1.06. The Balaban J connectivity index is 1.63. The Morgan fingerprint density at radius 3 is 2.56 bits per heavy atom. The third kappa shape index (κ3) is 2.85. The summed E-state index contributed by atoms with van der Waals surface area (Å²) in [6.45, 7) is 1.68. The van der Waals surface area contributed by atoms with Crippen LogP contribution >= 0.6 is 0 Å². The standard InChI is InChI=1S/C15H21NO2/c16-15(12-2-1-9-17-10-12)11-3-5-13(6-4-11)18-14-7-8-14/h3-6,12,14-15H,1-2,7-10,16H2. The van der Waals surface area contributed by atoms with E-state index in [1.807, 2.05) is 12.1 Å². The van der Waals surface area contributed by atoms with Gasteiger partial charge in [-0.15, -0.1) is 0 Å². The van der Waals surface area contributed by atoms with Gasteiger partial charge in [-0.2, -0.15) is 0 Å². The van der Waals surface area contributed by atoms with Gasteiger partial charge in [-0.1, -0.05) is 12.1 Å². The van der Waals surface area contributed by atoms with Gasteiger partial charge in [0.05, 0.1) is 12.7 Å². The second-order valence-electron chi connectivity index (χ2n) is 5.39. The highest BCUT2D eigenvalue weighted by molar-refractivity contribution is 5.30. The molecule has 3 nitrogen and oxygen atoms in total. The second-order valence-corrected chi connectivity index (χ2v) is 5.39. The molecule has 2 unspecified atom stereocenters. The average Bonchev–Trinajstić information content (AvgIpc) is 3.24. The Morgan fingerprint density at radius 1 is 1.17 bits per heavy atom. The lowest BCUT2D eigenvalue weighted by atomic mass is 9.89. The van der Waals surface area contributed by atoms with Gasteiger partial charge >= 0.3 is 0 Å². The maximum Gasteiger partial charge on any atom is 0.119 e. The molecule has 0 radical (unpaired) electrons. The van der Waals surface area contributed by atoms with Gasteiger partial charge in [0.15, 0.2) is 0 Å². The molecule has 1 saturated carbocycles. The lowest BCUT2D eigenvalue weighted by Crippen LogP contribution is -2.28. The molecule has 0 spiro atoms. The SMILES string of the molecule is NC(c1ccc(OC2CC2)cc1)C1CCCOC1. The summed E-state index contributed by atoms with van der Waals surface area (Å²) in [5.74, 6) is 1.42. The van der Waals surface area contributed by atoms with Crippen LogP contribution in [0.3, 0.4) is 0 Å². The van der Waals surface area contributed by atoms with E-state index in [0.29, 0.717) is 12.0 Å². The molecule has 1 aromatic rings. The largest absolute Gasteiger partial charge is 0.490 e. The van der Waals surface area contributed by atoms with Crippen molar-refractivity contribution in [1.82, 2.24) is 0 Å². The van der Waals surface area contributed by atoms with Crippen LogP contribution in [0, 0.1) is 5.92 Å². The summed E-state index contributed by atoms with van der Waals surface area (Å²) in [5.41, 5.74) is 7.50. The Morgan fingerprint density at radius 2 is 1.94 bits per heavy atom. The maximum absolute atomic E-state index is 6.31. The quantitative estimate of drug-likeness (QED) is 0.889. The topological polar surface area (TPSA) is 44.5 Å². The molecule has 2 fully saturated rings. The fraction of sp³-hybridized carbons (Fsp3) is 0.600. The molecule has 0 amide bonds. The van der Waals surface area contributed by atoms with Gasteiger partial charge in [0.2, 0.25) is 0 Å². The molecule has 2 N–H and O–H groups in total. The summed E-state index contributed by atoms with van der Waals surface area (Å²) >= 11 is 0. The lowest BCUT2D eigenvalue weighted by Gasteiger charge is -2.27. The molecule has 0 bridgehead atoms. The zero-order chi connectivity index (χ0) is 12.4. The predicted octanol–water partition coefficient (Wildman–Crippen LogP) is 2.65. The van der Waals surface area contributed by atoms with E-state index >= 15 is 0 Å². The van der Waals surface area contributed by atoms with Gasteiger partial charge in [-0.25, -0.2) is 0 Å². The molecule has 98 valence electrons. The minimum absolute atomic E-state index is 0.0836. The smallest absolute Gasteiger partial charge is 0.119 e. The van der Waals surface area contributed by atoms with E-state index in [-0.39, 0.29) is 6.04 Å². The fourth-order valence-electron chi connectivity index (χ4n) is 2.47. The first-order chi connectivity index (χ1) is 8.83. The number of benzene rings is 1. The van der Waals surface area contributed by atoms with E-state index in [9.17, 15) is 0 Å². The molecule has 1 aliphatic heterocycles. The normalized spacial score (nSPS) is 25.7. The number of nitrogens with two attached hydrogens (primary N) is 1. The fourth-order valence-corrected chi connectivity index (χ4v) is 2.47. The summed E-state index contributed by atoms with van der Waals surface area (Å²) in [7, 11) is 0. The van der Waals surface area contributed by atoms with Gasteiger partial charge in [0.25, 0.3) is 0 Å². The van der Waals surface area contributed by atoms with Crippen molar-refractivity contribution in [2.24, 2.45) is 11.7 Å². The van der Waals surface area contributed by atoms with Gasteiger partial charge in [-0.3, -0.25) is 0 Å². The van der Waals surface area contributed by atoms with E-state index in [4.69, 9.17) is 15.2 Å². The molecular formula is C15H21NO2. The van der Waals surface area contributed by atoms with E-state index in [1.165, 1.54) is 24.8 Å². The highest BCUT2D eigenvalue weighted by Crippen LogP contribution is 2.30. The summed E-state index contributed by atoms with van der Waals surface area (Å²) in [5, 5.41) is 0. The first kappa shape index (κ1) is 12.0. The summed E-state index contributed by atoms with van der Waals surface area (Å²) in [6.07, 6.45) is 5.14. The van der Waals surface area contributed by atoms with Crippen LogP contribution in [0.2, 0.25) is 0 Å². The van der Waals surface area contributed by atoms with Gasteiger partial charge in [0.1, 0.15) is 5.75 Å². The van der Waals surface area contributed by atoms with Gasteiger partial charge in [0, 0.05) is 18.6 Å². The van der Waals surface area contributed by atoms with Crippen LogP contribution in [0.15, 0.2) is 24.3 Å². The zero-order valence-electron chi connectivity index (χ0n) is 10.7. The van der Waals surface area contributed by atoms with Crippen molar-refractivity contribution in [3.05, 3.63) is 29.8 Å². The first-order valence-corrected chi connectivity index (χ1v) is 6.93. The lowest BCUT2D eigenvalue weighted by molar-refractivity contribution is 0.0447. The minimum atomic E-state index is 0.0836.